The maximum atomic E-state index is 11.5. The van der Waals surface area contributed by atoms with E-state index in [-0.39, 0.29) is 12.3 Å². The topological polar surface area (TPSA) is 88.5 Å². The summed E-state index contributed by atoms with van der Waals surface area (Å²) >= 11 is 0. The van der Waals surface area contributed by atoms with Crippen molar-refractivity contribution in [3.05, 3.63) is 24.2 Å². The maximum Gasteiger partial charge on any atom is 0.231 e. The van der Waals surface area contributed by atoms with Crippen LogP contribution in [0.25, 0.3) is 0 Å². The summed E-state index contributed by atoms with van der Waals surface area (Å²) in [6.45, 7) is 2.79. The lowest BCUT2D eigenvalue weighted by molar-refractivity contribution is -0.115. The highest BCUT2D eigenvalue weighted by Crippen LogP contribution is 2.01. The fraction of sp³-hybridized carbons (Fsp3) is 0.333. The van der Waals surface area contributed by atoms with Crippen LogP contribution in [-0.2, 0) is 17.8 Å². The Balaban J connectivity index is 1.92. The molecule has 0 aliphatic carbocycles. The van der Waals surface area contributed by atoms with E-state index < -0.39 is 0 Å². The normalized spacial score (nSPS) is 10.3. The molecule has 2 N–H and O–H groups in total. The van der Waals surface area contributed by atoms with E-state index >= 15 is 0 Å². The first-order valence-corrected chi connectivity index (χ1v) is 4.96. The third-order valence-electron chi connectivity index (χ3n) is 2.04. The molecule has 0 aliphatic heterocycles. The molecule has 2 aromatic rings. The van der Waals surface area contributed by atoms with Gasteiger partial charge in [0, 0.05) is 12.7 Å². The van der Waals surface area contributed by atoms with Crippen LogP contribution < -0.4 is 5.32 Å². The second-order valence-electron chi connectivity index (χ2n) is 3.24. The van der Waals surface area contributed by atoms with E-state index in [1.165, 1.54) is 6.20 Å². The summed E-state index contributed by atoms with van der Waals surface area (Å²) in [5.41, 5.74) is 0.739. The number of carbonyl (C=O) groups is 1. The monoisotopic (exact) mass is 220 g/mol. The number of nitrogens with one attached hydrogen (secondary N) is 2. The molecule has 0 spiro atoms. The average Bonchev–Trinajstić information content (AvgIpc) is 2.89. The summed E-state index contributed by atoms with van der Waals surface area (Å²) in [5.74, 6) is 0.259. The lowest BCUT2D eigenvalue weighted by Gasteiger charge is -1.98. The highest BCUT2D eigenvalue weighted by atomic mass is 16.1. The number of aryl methyl sites for hydroxylation is 1. The summed E-state index contributed by atoms with van der Waals surface area (Å²) in [7, 11) is 0. The summed E-state index contributed by atoms with van der Waals surface area (Å²) in [4.78, 5) is 11.5. The van der Waals surface area contributed by atoms with Crippen molar-refractivity contribution in [3.8, 4) is 0 Å². The van der Waals surface area contributed by atoms with Gasteiger partial charge in [0.2, 0.25) is 5.91 Å². The number of rotatable bonds is 4. The van der Waals surface area contributed by atoms with Gasteiger partial charge in [0.1, 0.15) is 0 Å². The molecule has 1 amide bonds. The highest BCUT2D eigenvalue weighted by molar-refractivity contribution is 5.90. The molecule has 0 saturated carbocycles. The Morgan fingerprint density at radius 1 is 1.62 bits per heavy atom. The van der Waals surface area contributed by atoms with Gasteiger partial charge >= 0.3 is 0 Å². The first-order valence-electron chi connectivity index (χ1n) is 4.96. The molecular formula is C9H12N6O. The van der Waals surface area contributed by atoms with Gasteiger partial charge in [-0.15, -0.1) is 5.10 Å². The average molecular weight is 220 g/mol. The fourth-order valence-corrected chi connectivity index (χ4v) is 1.29. The van der Waals surface area contributed by atoms with Gasteiger partial charge in [0.15, 0.2) is 5.82 Å². The molecule has 84 valence electrons. The molecule has 2 aromatic heterocycles. The summed E-state index contributed by atoms with van der Waals surface area (Å²) in [5, 5.41) is 16.5. The molecule has 16 heavy (non-hydrogen) atoms. The van der Waals surface area contributed by atoms with Gasteiger partial charge in [-0.3, -0.25) is 9.48 Å². The quantitative estimate of drug-likeness (QED) is 0.770. The van der Waals surface area contributed by atoms with Gasteiger partial charge in [-0.25, -0.2) is 0 Å². The van der Waals surface area contributed by atoms with Crippen LogP contribution in [0.3, 0.4) is 0 Å². The maximum absolute atomic E-state index is 11.5. The van der Waals surface area contributed by atoms with Gasteiger partial charge in [0.05, 0.1) is 18.3 Å². The van der Waals surface area contributed by atoms with Crippen LogP contribution in [0, 0.1) is 0 Å². The lowest BCUT2D eigenvalue weighted by atomic mass is 10.3. The molecule has 0 unspecified atom stereocenters. The molecule has 0 fully saturated rings. The fourth-order valence-electron chi connectivity index (χ4n) is 1.29. The SMILES string of the molecule is CCn1ccc(CC(=O)Nc2cn[nH]n2)n1. The number of amides is 1. The first-order chi connectivity index (χ1) is 7.78. The van der Waals surface area contributed by atoms with Crippen LogP contribution in [0.4, 0.5) is 5.82 Å². The Morgan fingerprint density at radius 3 is 3.12 bits per heavy atom. The zero-order valence-corrected chi connectivity index (χ0v) is 8.84. The number of carbonyl (C=O) groups excluding carboxylic acids is 1. The lowest BCUT2D eigenvalue weighted by Crippen LogP contribution is -2.15. The van der Waals surface area contributed by atoms with Crippen molar-refractivity contribution in [2.75, 3.05) is 5.32 Å². The molecule has 2 heterocycles. The minimum absolute atomic E-state index is 0.157. The number of nitrogens with zero attached hydrogens (tertiary/aromatic N) is 4. The van der Waals surface area contributed by atoms with E-state index in [9.17, 15) is 4.79 Å². The van der Waals surface area contributed by atoms with Gasteiger partial charge in [0.25, 0.3) is 0 Å². The van der Waals surface area contributed by atoms with Crippen LogP contribution in [0.2, 0.25) is 0 Å². The van der Waals surface area contributed by atoms with Gasteiger partial charge in [-0.2, -0.15) is 15.4 Å². The van der Waals surface area contributed by atoms with Crippen molar-refractivity contribution in [2.45, 2.75) is 19.9 Å². The Kier molecular flexibility index (Phi) is 2.95. The molecule has 0 radical (unpaired) electrons. The summed E-state index contributed by atoms with van der Waals surface area (Å²) in [6, 6.07) is 1.83. The zero-order chi connectivity index (χ0) is 11.4. The van der Waals surface area contributed by atoms with Crippen molar-refractivity contribution in [1.29, 1.82) is 0 Å². The second-order valence-corrected chi connectivity index (χ2v) is 3.24. The highest BCUT2D eigenvalue weighted by Gasteiger charge is 2.07. The van der Waals surface area contributed by atoms with Gasteiger partial charge in [-0.1, -0.05) is 0 Å². The largest absolute Gasteiger partial charge is 0.308 e. The molecular weight excluding hydrogens is 208 g/mol. The Hall–Kier alpha value is -2.18. The van der Waals surface area contributed by atoms with Gasteiger partial charge < -0.3 is 5.32 Å². The van der Waals surface area contributed by atoms with Crippen LogP contribution in [-0.4, -0.2) is 31.1 Å². The molecule has 7 heteroatoms. The molecule has 0 aromatic carbocycles. The molecule has 0 atom stereocenters. The molecule has 0 saturated heterocycles. The molecule has 0 bridgehead atoms. The van der Waals surface area contributed by atoms with Crippen molar-refractivity contribution < 1.29 is 4.79 Å². The van der Waals surface area contributed by atoms with E-state index in [0.717, 1.165) is 12.2 Å². The Labute approximate surface area is 91.9 Å². The van der Waals surface area contributed by atoms with Gasteiger partial charge in [-0.05, 0) is 13.0 Å². The number of hydrogen-bond acceptors (Lipinski definition) is 4. The summed E-state index contributed by atoms with van der Waals surface area (Å²) < 4.78 is 1.78. The summed E-state index contributed by atoms with van der Waals surface area (Å²) in [6.07, 6.45) is 3.53. The van der Waals surface area contributed by atoms with Crippen molar-refractivity contribution in [2.24, 2.45) is 0 Å². The predicted octanol–water partition coefficient (Wildman–Crippen LogP) is 0.202. The molecule has 2 rings (SSSR count). The van der Waals surface area contributed by atoms with Crippen molar-refractivity contribution in [1.82, 2.24) is 25.2 Å². The zero-order valence-electron chi connectivity index (χ0n) is 8.84. The van der Waals surface area contributed by atoms with E-state index in [2.05, 4.69) is 25.8 Å². The number of anilines is 1. The predicted molar refractivity (Wildman–Crippen MR) is 56.6 cm³/mol. The third kappa shape index (κ3) is 2.44. The Morgan fingerprint density at radius 2 is 2.50 bits per heavy atom. The number of aromatic amines is 1. The minimum Gasteiger partial charge on any atom is -0.308 e. The van der Waals surface area contributed by atoms with Crippen molar-refractivity contribution in [3.63, 3.8) is 0 Å². The smallest absolute Gasteiger partial charge is 0.231 e. The van der Waals surface area contributed by atoms with E-state index in [0.29, 0.717) is 5.82 Å². The Bertz CT molecular complexity index is 460. The van der Waals surface area contributed by atoms with Crippen molar-refractivity contribution >= 4 is 11.7 Å². The standard InChI is InChI=1S/C9H12N6O/c1-2-15-4-3-7(13-15)5-9(16)11-8-6-10-14-12-8/h3-4,6H,2,5H2,1H3,(H2,10,11,12,14,16). The number of hydrogen-bond donors (Lipinski definition) is 2. The number of aromatic nitrogens is 5. The van der Waals surface area contributed by atoms with E-state index in [1.807, 2.05) is 19.2 Å². The van der Waals surface area contributed by atoms with Crippen LogP contribution in [0.1, 0.15) is 12.6 Å². The third-order valence-corrected chi connectivity index (χ3v) is 2.04. The van der Waals surface area contributed by atoms with Crippen LogP contribution in [0.15, 0.2) is 18.5 Å². The van der Waals surface area contributed by atoms with E-state index in [1.54, 1.807) is 4.68 Å². The molecule has 7 nitrogen and oxygen atoms in total. The molecule has 0 aliphatic rings. The van der Waals surface area contributed by atoms with Crippen LogP contribution >= 0.6 is 0 Å². The second kappa shape index (κ2) is 4.56. The van der Waals surface area contributed by atoms with E-state index in [4.69, 9.17) is 0 Å². The van der Waals surface area contributed by atoms with Crippen LogP contribution in [0.5, 0.6) is 0 Å². The number of H-pyrrole nitrogens is 1. The minimum atomic E-state index is -0.157. The first kappa shape index (κ1) is 10.3.